The molecule has 3 rings (SSSR count). The van der Waals surface area contributed by atoms with E-state index in [2.05, 4.69) is 48.9 Å². The Morgan fingerprint density at radius 2 is 1.90 bits per heavy atom. The second kappa shape index (κ2) is 5.74. The Kier molecular flexibility index (Phi) is 3.96. The van der Waals surface area contributed by atoms with Crippen molar-refractivity contribution >= 4 is 55.4 Å². The predicted octanol–water partition coefficient (Wildman–Crippen LogP) is 3.04. The first-order valence-electron chi connectivity index (χ1n) is 6.05. The van der Waals surface area contributed by atoms with E-state index in [4.69, 9.17) is 5.84 Å². The van der Waals surface area contributed by atoms with Crippen molar-refractivity contribution < 1.29 is 0 Å². The zero-order chi connectivity index (χ0) is 15.0. The van der Waals surface area contributed by atoms with Crippen molar-refractivity contribution in [3.05, 3.63) is 60.9 Å². The third-order valence-corrected chi connectivity index (χ3v) is 4.24. The summed E-state index contributed by atoms with van der Waals surface area (Å²) in [7, 11) is 0. The number of nitrogens with one attached hydrogen (secondary N) is 1. The predicted molar refractivity (Wildman–Crippen MR) is 95.6 cm³/mol. The fourth-order valence-electron chi connectivity index (χ4n) is 2.08. The number of rotatable bonds is 2. The van der Waals surface area contributed by atoms with Crippen molar-refractivity contribution in [2.75, 3.05) is 5.43 Å². The Morgan fingerprint density at radius 3 is 2.57 bits per heavy atom. The minimum absolute atomic E-state index is 0.159. The lowest BCUT2D eigenvalue weighted by Gasteiger charge is -2.12. The quantitative estimate of drug-likeness (QED) is 0.353. The van der Waals surface area contributed by atoms with Crippen molar-refractivity contribution in [2.45, 2.75) is 0 Å². The van der Waals surface area contributed by atoms with Gasteiger partial charge in [-0.25, -0.2) is 15.4 Å². The molecule has 0 saturated heterocycles. The molecule has 3 aromatic rings. The highest BCUT2D eigenvalue weighted by atomic mass is 127. The maximum absolute atomic E-state index is 12.8. The number of nitrogens with zero attached hydrogens (tertiary/aromatic N) is 2. The van der Waals surface area contributed by atoms with Crippen LogP contribution in [-0.2, 0) is 0 Å². The van der Waals surface area contributed by atoms with Gasteiger partial charge in [0.1, 0.15) is 0 Å². The molecular formula is C14H10BrIN4O. The molecule has 21 heavy (non-hydrogen) atoms. The fraction of sp³-hybridized carbons (Fsp3) is 0. The third kappa shape index (κ3) is 2.68. The lowest BCUT2D eigenvalue weighted by molar-refractivity contribution is 0.955. The first-order valence-corrected chi connectivity index (χ1v) is 7.92. The standard InChI is InChI=1S/C14H10BrIN4O/c15-8-1-4-10(5-2-8)20-13(21)11-7-9(16)3-6-12(11)18-14(20)19-17/h1-7H,17H2,(H,18,19). The molecular weight excluding hydrogens is 447 g/mol. The Morgan fingerprint density at radius 1 is 1.19 bits per heavy atom. The van der Waals surface area contributed by atoms with E-state index in [-0.39, 0.29) is 5.56 Å². The molecule has 0 aliphatic heterocycles. The van der Waals surface area contributed by atoms with Gasteiger partial charge in [0.25, 0.3) is 5.56 Å². The molecule has 106 valence electrons. The molecule has 2 aromatic carbocycles. The number of aromatic nitrogens is 2. The summed E-state index contributed by atoms with van der Waals surface area (Å²) >= 11 is 5.55. The van der Waals surface area contributed by atoms with Gasteiger partial charge in [0, 0.05) is 8.04 Å². The van der Waals surface area contributed by atoms with Crippen LogP contribution in [0.2, 0.25) is 0 Å². The number of nitrogens with two attached hydrogens (primary N) is 1. The lowest BCUT2D eigenvalue weighted by atomic mass is 10.2. The van der Waals surface area contributed by atoms with E-state index in [0.717, 1.165) is 8.04 Å². The van der Waals surface area contributed by atoms with Crippen molar-refractivity contribution in [1.29, 1.82) is 0 Å². The van der Waals surface area contributed by atoms with Crippen LogP contribution in [0.3, 0.4) is 0 Å². The van der Waals surface area contributed by atoms with E-state index >= 15 is 0 Å². The van der Waals surface area contributed by atoms with Crippen LogP contribution in [0.25, 0.3) is 16.6 Å². The van der Waals surface area contributed by atoms with Gasteiger partial charge in [-0.1, -0.05) is 15.9 Å². The van der Waals surface area contributed by atoms with Gasteiger partial charge in [0.2, 0.25) is 5.95 Å². The van der Waals surface area contributed by atoms with Crippen LogP contribution in [0.15, 0.2) is 51.7 Å². The molecule has 0 aliphatic carbocycles. The normalized spacial score (nSPS) is 10.8. The van der Waals surface area contributed by atoms with Gasteiger partial charge < -0.3 is 0 Å². The van der Waals surface area contributed by atoms with E-state index in [9.17, 15) is 4.79 Å². The number of halogens is 2. The number of anilines is 1. The lowest BCUT2D eigenvalue weighted by Crippen LogP contribution is -2.26. The molecule has 0 unspecified atom stereocenters. The minimum Gasteiger partial charge on any atom is -0.293 e. The van der Waals surface area contributed by atoms with Crippen LogP contribution in [0, 0.1) is 3.57 Å². The van der Waals surface area contributed by atoms with Crippen molar-refractivity contribution in [1.82, 2.24) is 9.55 Å². The fourth-order valence-corrected chi connectivity index (χ4v) is 2.84. The minimum atomic E-state index is -0.159. The molecule has 0 amide bonds. The molecule has 3 N–H and O–H groups in total. The molecule has 0 bridgehead atoms. The van der Waals surface area contributed by atoms with E-state index in [1.807, 2.05) is 42.5 Å². The molecule has 0 atom stereocenters. The van der Waals surface area contributed by atoms with Crippen LogP contribution >= 0.6 is 38.5 Å². The molecule has 0 spiro atoms. The molecule has 0 radical (unpaired) electrons. The SMILES string of the molecule is NNc1nc2ccc(I)cc2c(=O)n1-c1ccc(Br)cc1. The summed E-state index contributed by atoms with van der Waals surface area (Å²) in [6.07, 6.45) is 0. The zero-order valence-corrected chi connectivity index (χ0v) is 14.4. The van der Waals surface area contributed by atoms with Crippen molar-refractivity contribution in [3.8, 4) is 5.69 Å². The van der Waals surface area contributed by atoms with Crippen molar-refractivity contribution in [3.63, 3.8) is 0 Å². The first kappa shape index (κ1) is 14.5. The van der Waals surface area contributed by atoms with Gasteiger partial charge >= 0.3 is 0 Å². The van der Waals surface area contributed by atoms with Gasteiger partial charge in [-0.05, 0) is 65.1 Å². The number of hydrazine groups is 1. The summed E-state index contributed by atoms with van der Waals surface area (Å²) < 4.78 is 3.38. The second-order valence-electron chi connectivity index (χ2n) is 4.36. The highest BCUT2D eigenvalue weighted by Gasteiger charge is 2.12. The third-order valence-electron chi connectivity index (χ3n) is 3.04. The van der Waals surface area contributed by atoms with Gasteiger partial charge in [0.15, 0.2) is 0 Å². The molecule has 0 fully saturated rings. The van der Waals surface area contributed by atoms with Crippen LogP contribution in [0.5, 0.6) is 0 Å². The Bertz CT molecular complexity index is 877. The molecule has 0 saturated carbocycles. The maximum atomic E-state index is 12.8. The molecule has 1 aromatic heterocycles. The molecule has 1 heterocycles. The Balaban J connectivity index is 2.37. The van der Waals surface area contributed by atoms with Gasteiger partial charge in [-0.3, -0.25) is 10.2 Å². The van der Waals surface area contributed by atoms with E-state index in [1.54, 1.807) is 0 Å². The van der Waals surface area contributed by atoms with Crippen LogP contribution < -0.4 is 16.8 Å². The van der Waals surface area contributed by atoms with E-state index in [1.165, 1.54) is 4.57 Å². The smallest absolute Gasteiger partial charge is 0.267 e. The number of nitrogen functional groups attached to an aromatic ring is 1. The number of benzene rings is 2. The highest BCUT2D eigenvalue weighted by molar-refractivity contribution is 14.1. The topological polar surface area (TPSA) is 72.9 Å². The summed E-state index contributed by atoms with van der Waals surface area (Å²) in [4.78, 5) is 17.2. The zero-order valence-electron chi connectivity index (χ0n) is 10.7. The maximum Gasteiger partial charge on any atom is 0.267 e. The Labute approximate surface area is 142 Å². The van der Waals surface area contributed by atoms with Crippen LogP contribution in [0.4, 0.5) is 5.95 Å². The average Bonchev–Trinajstić information content (AvgIpc) is 2.49. The summed E-state index contributed by atoms with van der Waals surface area (Å²) in [5, 5.41) is 0.559. The molecule has 7 heteroatoms. The summed E-state index contributed by atoms with van der Waals surface area (Å²) in [6.45, 7) is 0. The van der Waals surface area contributed by atoms with Crippen molar-refractivity contribution in [2.24, 2.45) is 5.84 Å². The van der Waals surface area contributed by atoms with Crippen LogP contribution in [-0.4, -0.2) is 9.55 Å². The number of hydrogen-bond donors (Lipinski definition) is 2. The largest absolute Gasteiger partial charge is 0.293 e. The number of fused-ring (bicyclic) bond motifs is 1. The van der Waals surface area contributed by atoms with Gasteiger partial charge in [0.05, 0.1) is 16.6 Å². The highest BCUT2D eigenvalue weighted by Crippen LogP contribution is 2.19. The first-order chi connectivity index (χ1) is 10.1. The summed E-state index contributed by atoms with van der Waals surface area (Å²) in [5.41, 5.74) is 3.65. The van der Waals surface area contributed by atoms with E-state index < -0.39 is 0 Å². The molecule has 5 nitrogen and oxygen atoms in total. The Hall–Kier alpha value is -1.45. The van der Waals surface area contributed by atoms with E-state index in [0.29, 0.717) is 22.5 Å². The number of hydrogen-bond acceptors (Lipinski definition) is 4. The molecule has 0 aliphatic rings. The summed E-state index contributed by atoms with van der Waals surface area (Å²) in [6, 6.07) is 12.9. The monoisotopic (exact) mass is 456 g/mol. The van der Waals surface area contributed by atoms with Gasteiger partial charge in [-0.15, -0.1) is 0 Å². The summed E-state index contributed by atoms with van der Waals surface area (Å²) in [5.74, 6) is 5.83. The van der Waals surface area contributed by atoms with Gasteiger partial charge in [-0.2, -0.15) is 0 Å². The second-order valence-corrected chi connectivity index (χ2v) is 6.52. The van der Waals surface area contributed by atoms with Crippen LogP contribution in [0.1, 0.15) is 0 Å². The average molecular weight is 457 g/mol.